The summed E-state index contributed by atoms with van der Waals surface area (Å²) in [5.41, 5.74) is 1.98. The van der Waals surface area contributed by atoms with E-state index in [-0.39, 0.29) is 11.4 Å². The second kappa shape index (κ2) is 6.55. The smallest absolute Gasteiger partial charge is 0.238 e. The Morgan fingerprint density at radius 1 is 1.28 bits per heavy atom. The molecule has 100 valence electrons. The molecular formula is C15H24N2O. The van der Waals surface area contributed by atoms with Crippen LogP contribution in [-0.2, 0) is 4.79 Å². The maximum atomic E-state index is 11.8. The molecule has 0 saturated carbocycles. The van der Waals surface area contributed by atoms with E-state index in [0.29, 0.717) is 6.54 Å². The molecule has 0 atom stereocenters. The van der Waals surface area contributed by atoms with Crippen molar-refractivity contribution >= 4 is 11.6 Å². The molecule has 0 aliphatic rings. The molecule has 0 unspecified atom stereocenters. The fourth-order valence-corrected chi connectivity index (χ4v) is 1.94. The van der Waals surface area contributed by atoms with Crippen LogP contribution < -0.4 is 10.6 Å². The highest BCUT2D eigenvalue weighted by atomic mass is 16.1. The second-order valence-electron chi connectivity index (χ2n) is 5.35. The Balaban J connectivity index is 2.46. The van der Waals surface area contributed by atoms with Crippen LogP contribution in [0.3, 0.4) is 0 Å². The molecule has 0 radical (unpaired) electrons. The molecule has 0 aliphatic carbocycles. The number of anilines is 1. The first-order chi connectivity index (χ1) is 8.44. The Labute approximate surface area is 110 Å². The van der Waals surface area contributed by atoms with Crippen LogP contribution in [0.5, 0.6) is 0 Å². The topological polar surface area (TPSA) is 41.1 Å². The number of aryl methyl sites for hydroxylation is 1. The van der Waals surface area contributed by atoms with Gasteiger partial charge in [-0.1, -0.05) is 31.5 Å². The van der Waals surface area contributed by atoms with Gasteiger partial charge >= 0.3 is 0 Å². The van der Waals surface area contributed by atoms with E-state index in [1.165, 1.54) is 0 Å². The van der Waals surface area contributed by atoms with Crippen LogP contribution in [0.2, 0.25) is 0 Å². The summed E-state index contributed by atoms with van der Waals surface area (Å²) in [5, 5.41) is 6.21. The van der Waals surface area contributed by atoms with E-state index in [1.807, 2.05) is 31.2 Å². The Hall–Kier alpha value is -1.35. The number of amides is 1. The minimum absolute atomic E-state index is 0.00785. The van der Waals surface area contributed by atoms with Gasteiger partial charge in [-0.3, -0.25) is 4.79 Å². The Bertz CT molecular complexity index is 399. The molecule has 0 fully saturated rings. The molecule has 3 heteroatoms. The Morgan fingerprint density at radius 2 is 1.94 bits per heavy atom. The highest BCUT2D eigenvalue weighted by Crippen LogP contribution is 2.13. The van der Waals surface area contributed by atoms with Gasteiger partial charge in [-0.2, -0.15) is 0 Å². The highest BCUT2D eigenvalue weighted by molar-refractivity contribution is 5.92. The van der Waals surface area contributed by atoms with Crippen LogP contribution in [0.15, 0.2) is 24.3 Å². The van der Waals surface area contributed by atoms with Crippen LogP contribution >= 0.6 is 0 Å². The average molecular weight is 248 g/mol. The fraction of sp³-hybridized carbons (Fsp3) is 0.533. The molecule has 3 nitrogen and oxygen atoms in total. The van der Waals surface area contributed by atoms with Gasteiger partial charge < -0.3 is 10.6 Å². The zero-order chi connectivity index (χ0) is 13.6. The van der Waals surface area contributed by atoms with Gasteiger partial charge in [0.05, 0.1) is 6.54 Å². The maximum absolute atomic E-state index is 11.8. The first-order valence-corrected chi connectivity index (χ1v) is 6.55. The van der Waals surface area contributed by atoms with Crippen LogP contribution in [0.25, 0.3) is 0 Å². The van der Waals surface area contributed by atoms with Crippen LogP contribution in [0.1, 0.15) is 39.2 Å². The third-order valence-electron chi connectivity index (χ3n) is 3.02. The molecule has 1 amide bonds. The predicted octanol–water partition coefficient (Wildman–Crippen LogP) is 3.10. The van der Waals surface area contributed by atoms with Crippen molar-refractivity contribution in [1.29, 1.82) is 0 Å². The summed E-state index contributed by atoms with van der Waals surface area (Å²) in [6.45, 7) is 8.73. The molecule has 1 aromatic carbocycles. The molecule has 0 aliphatic heterocycles. The summed E-state index contributed by atoms with van der Waals surface area (Å²) in [4.78, 5) is 11.8. The normalized spacial score (nSPS) is 11.3. The summed E-state index contributed by atoms with van der Waals surface area (Å²) >= 11 is 0. The van der Waals surface area contributed by atoms with Gasteiger partial charge in [0.1, 0.15) is 0 Å². The SMILES string of the molecule is CCCC(C)(C)NCC(=O)Nc1ccccc1C. The zero-order valence-corrected chi connectivity index (χ0v) is 11.8. The third kappa shape index (κ3) is 4.88. The molecule has 0 saturated heterocycles. The first kappa shape index (κ1) is 14.7. The zero-order valence-electron chi connectivity index (χ0n) is 11.8. The number of carbonyl (C=O) groups excluding carboxylic acids is 1. The lowest BCUT2D eigenvalue weighted by Gasteiger charge is -2.25. The minimum Gasteiger partial charge on any atom is -0.325 e. The van der Waals surface area contributed by atoms with Crippen molar-refractivity contribution in [1.82, 2.24) is 5.32 Å². The lowest BCUT2D eigenvalue weighted by molar-refractivity contribution is -0.115. The molecule has 0 heterocycles. The number of carbonyl (C=O) groups is 1. The fourth-order valence-electron chi connectivity index (χ4n) is 1.94. The molecular weight excluding hydrogens is 224 g/mol. The van der Waals surface area contributed by atoms with Gasteiger partial charge in [-0.05, 0) is 38.8 Å². The van der Waals surface area contributed by atoms with E-state index in [0.717, 1.165) is 24.1 Å². The standard InChI is InChI=1S/C15H24N2O/c1-5-10-15(3,4)16-11-14(18)17-13-9-7-6-8-12(13)2/h6-9,16H,5,10-11H2,1-4H3,(H,17,18). The van der Waals surface area contributed by atoms with E-state index >= 15 is 0 Å². The number of hydrogen-bond acceptors (Lipinski definition) is 2. The van der Waals surface area contributed by atoms with Crippen molar-refractivity contribution in [3.63, 3.8) is 0 Å². The number of para-hydroxylation sites is 1. The Morgan fingerprint density at radius 3 is 2.56 bits per heavy atom. The van der Waals surface area contributed by atoms with E-state index in [2.05, 4.69) is 31.4 Å². The van der Waals surface area contributed by atoms with Crippen molar-refractivity contribution in [2.45, 2.75) is 46.1 Å². The average Bonchev–Trinajstić information content (AvgIpc) is 2.30. The van der Waals surface area contributed by atoms with Gasteiger partial charge in [0.2, 0.25) is 5.91 Å². The van der Waals surface area contributed by atoms with Crippen molar-refractivity contribution < 1.29 is 4.79 Å². The molecule has 0 bridgehead atoms. The molecule has 1 rings (SSSR count). The van der Waals surface area contributed by atoms with Gasteiger partial charge in [0.15, 0.2) is 0 Å². The summed E-state index contributed by atoms with van der Waals surface area (Å²) in [7, 11) is 0. The first-order valence-electron chi connectivity index (χ1n) is 6.55. The maximum Gasteiger partial charge on any atom is 0.238 e. The molecule has 1 aromatic rings. The monoisotopic (exact) mass is 248 g/mol. The van der Waals surface area contributed by atoms with E-state index in [4.69, 9.17) is 0 Å². The lowest BCUT2D eigenvalue weighted by Crippen LogP contribution is -2.43. The van der Waals surface area contributed by atoms with Gasteiger partial charge in [-0.25, -0.2) is 0 Å². The molecule has 18 heavy (non-hydrogen) atoms. The number of rotatable bonds is 6. The van der Waals surface area contributed by atoms with E-state index in [9.17, 15) is 4.79 Å². The summed E-state index contributed by atoms with van der Waals surface area (Å²) in [6, 6.07) is 7.80. The van der Waals surface area contributed by atoms with Gasteiger partial charge in [0, 0.05) is 11.2 Å². The van der Waals surface area contributed by atoms with Crippen molar-refractivity contribution in [2.75, 3.05) is 11.9 Å². The van der Waals surface area contributed by atoms with Crippen molar-refractivity contribution in [2.24, 2.45) is 0 Å². The summed E-state index contributed by atoms with van der Waals surface area (Å²) in [5.74, 6) is 0.00785. The lowest BCUT2D eigenvalue weighted by atomic mass is 9.99. The molecule has 0 spiro atoms. The number of benzene rings is 1. The van der Waals surface area contributed by atoms with Crippen molar-refractivity contribution in [3.05, 3.63) is 29.8 Å². The van der Waals surface area contributed by atoms with Crippen LogP contribution in [0.4, 0.5) is 5.69 Å². The third-order valence-corrected chi connectivity index (χ3v) is 3.02. The summed E-state index contributed by atoms with van der Waals surface area (Å²) in [6.07, 6.45) is 2.17. The van der Waals surface area contributed by atoms with Crippen LogP contribution in [0, 0.1) is 6.92 Å². The highest BCUT2D eigenvalue weighted by Gasteiger charge is 2.16. The predicted molar refractivity (Wildman–Crippen MR) is 76.8 cm³/mol. The van der Waals surface area contributed by atoms with Crippen molar-refractivity contribution in [3.8, 4) is 0 Å². The van der Waals surface area contributed by atoms with Gasteiger partial charge in [0.25, 0.3) is 0 Å². The summed E-state index contributed by atoms with van der Waals surface area (Å²) < 4.78 is 0. The largest absolute Gasteiger partial charge is 0.325 e. The van der Waals surface area contributed by atoms with E-state index < -0.39 is 0 Å². The van der Waals surface area contributed by atoms with Crippen LogP contribution in [-0.4, -0.2) is 18.0 Å². The second-order valence-corrected chi connectivity index (χ2v) is 5.35. The van der Waals surface area contributed by atoms with E-state index in [1.54, 1.807) is 0 Å². The minimum atomic E-state index is 0.00785. The van der Waals surface area contributed by atoms with Gasteiger partial charge in [-0.15, -0.1) is 0 Å². The quantitative estimate of drug-likeness (QED) is 0.812. The molecule has 2 N–H and O–H groups in total. The molecule has 0 aromatic heterocycles. The Kier molecular flexibility index (Phi) is 5.35. The number of nitrogens with one attached hydrogen (secondary N) is 2. The number of hydrogen-bond donors (Lipinski definition) is 2.